The molecule has 0 aliphatic carbocycles. The van der Waals surface area contributed by atoms with Crippen LogP contribution < -0.4 is 5.32 Å². The third-order valence-electron chi connectivity index (χ3n) is 4.57. The number of hydrogen-bond acceptors (Lipinski definition) is 6. The van der Waals surface area contributed by atoms with Gasteiger partial charge in [-0.25, -0.2) is 9.97 Å². The molecular formula is C16H24N4O3. The van der Waals surface area contributed by atoms with Gasteiger partial charge in [0.15, 0.2) is 0 Å². The zero-order chi connectivity index (χ0) is 16.1. The second kappa shape index (κ2) is 7.23. The molecule has 2 aliphatic heterocycles. The molecule has 1 amide bonds. The van der Waals surface area contributed by atoms with E-state index in [0.717, 1.165) is 32.2 Å². The van der Waals surface area contributed by atoms with Crippen molar-refractivity contribution in [3.05, 3.63) is 18.5 Å². The van der Waals surface area contributed by atoms with E-state index in [-0.39, 0.29) is 24.2 Å². The number of rotatable bonds is 5. The van der Waals surface area contributed by atoms with Crippen LogP contribution in [-0.4, -0.2) is 65.8 Å². The maximum Gasteiger partial charge on any atom is 0.248 e. The summed E-state index contributed by atoms with van der Waals surface area (Å²) in [5.41, 5.74) is -0.189. The Balaban J connectivity index is 1.53. The van der Waals surface area contributed by atoms with Gasteiger partial charge in [-0.2, -0.15) is 0 Å². The predicted molar refractivity (Wildman–Crippen MR) is 85.0 cm³/mol. The molecule has 1 aromatic rings. The van der Waals surface area contributed by atoms with Gasteiger partial charge in [-0.3, -0.25) is 4.79 Å². The van der Waals surface area contributed by atoms with E-state index in [1.165, 1.54) is 0 Å². The molecule has 1 aromatic heterocycles. The monoisotopic (exact) mass is 320 g/mol. The molecular weight excluding hydrogens is 296 g/mol. The molecule has 0 aromatic carbocycles. The maximum absolute atomic E-state index is 12.0. The first-order valence-corrected chi connectivity index (χ1v) is 8.16. The summed E-state index contributed by atoms with van der Waals surface area (Å²) < 4.78 is 11.3. The van der Waals surface area contributed by atoms with Crippen LogP contribution in [0.4, 0.5) is 5.95 Å². The largest absolute Gasteiger partial charge is 0.375 e. The zero-order valence-electron chi connectivity index (χ0n) is 13.5. The fourth-order valence-corrected chi connectivity index (χ4v) is 3.44. The number of nitrogens with one attached hydrogen (secondary N) is 1. The number of amides is 1. The van der Waals surface area contributed by atoms with Crippen molar-refractivity contribution in [3.63, 3.8) is 0 Å². The van der Waals surface area contributed by atoms with Crippen LogP contribution in [0.25, 0.3) is 0 Å². The number of likely N-dealkylation sites (tertiary alicyclic amines) is 1. The average Bonchev–Trinajstić information content (AvgIpc) is 2.98. The molecule has 0 unspecified atom stereocenters. The molecule has 3 rings (SSSR count). The number of aromatic nitrogens is 2. The molecule has 2 saturated heterocycles. The van der Waals surface area contributed by atoms with E-state index < -0.39 is 0 Å². The van der Waals surface area contributed by atoms with E-state index in [0.29, 0.717) is 19.0 Å². The van der Waals surface area contributed by atoms with Crippen molar-refractivity contribution in [3.8, 4) is 0 Å². The molecule has 1 spiro atoms. The highest BCUT2D eigenvalue weighted by Gasteiger charge is 2.44. The van der Waals surface area contributed by atoms with Crippen molar-refractivity contribution >= 4 is 11.9 Å². The lowest BCUT2D eigenvalue weighted by Gasteiger charge is -2.38. The van der Waals surface area contributed by atoms with Crippen LogP contribution in [-0.2, 0) is 14.3 Å². The Labute approximate surface area is 136 Å². The van der Waals surface area contributed by atoms with Gasteiger partial charge in [-0.15, -0.1) is 0 Å². The van der Waals surface area contributed by atoms with Crippen LogP contribution in [0.1, 0.15) is 25.7 Å². The summed E-state index contributed by atoms with van der Waals surface area (Å²) in [7, 11) is 1.55. The van der Waals surface area contributed by atoms with Gasteiger partial charge in [0.05, 0.1) is 11.7 Å². The van der Waals surface area contributed by atoms with Crippen LogP contribution in [0.15, 0.2) is 18.5 Å². The van der Waals surface area contributed by atoms with Crippen LogP contribution in [0.5, 0.6) is 0 Å². The van der Waals surface area contributed by atoms with Crippen molar-refractivity contribution in [1.29, 1.82) is 0 Å². The molecule has 7 heteroatoms. The Kier molecular flexibility index (Phi) is 5.07. The van der Waals surface area contributed by atoms with Gasteiger partial charge < -0.3 is 19.7 Å². The van der Waals surface area contributed by atoms with Gasteiger partial charge in [0.2, 0.25) is 11.9 Å². The molecule has 1 N–H and O–H groups in total. The number of anilines is 1. The predicted octanol–water partition coefficient (Wildman–Crippen LogP) is 1.08. The molecule has 2 fully saturated rings. The van der Waals surface area contributed by atoms with E-state index in [4.69, 9.17) is 9.47 Å². The first kappa shape index (κ1) is 16.1. The van der Waals surface area contributed by atoms with Crippen LogP contribution >= 0.6 is 0 Å². The second-order valence-corrected chi connectivity index (χ2v) is 6.27. The second-order valence-electron chi connectivity index (χ2n) is 6.27. The number of ether oxygens (including phenoxy) is 2. The standard InChI is InChI=1S/C16H24N4O3/c1-22-11-14(21)20-9-6-16(12-20)5-2-4-13(23-16)10-19-15-17-7-3-8-18-15/h3,7-8,13H,2,4-6,9-12H2,1H3,(H,17,18,19)/t13-,16-/m1/s1. The third-order valence-corrected chi connectivity index (χ3v) is 4.57. The van der Waals surface area contributed by atoms with Crippen LogP contribution in [0, 0.1) is 0 Å². The third kappa shape index (κ3) is 3.97. The highest BCUT2D eigenvalue weighted by atomic mass is 16.5. The van der Waals surface area contributed by atoms with E-state index in [9.17, 15) is 4.79 Å². The summed E-state index contributed by atoms with van der Waals surface area (Å²) in [6, 6.07) is 1.79. The topological polar surface area (TPSA) is 76.6 Å². The minimum Gasteiger partial charge on any atom is -0.375 e. The van der Waals surface area contributed by atoms with Crippen molar-refractivity contribution in [1.82, 2.24) is 14.9 Å². The van der Waals surface area contributed by atoms with Gasteiger partial charge in [0.25, 0.3) is 0 Å². The summed E-state index contributed by atoms with van der Waals surface area (Å²) >= 11 is 0. The Morgan fingerprint density at radius 3 is 3.09 bits per heavy atom. The molecule has 7 nitrogen and oxygen atoms in total. The highest BCUT2D eigenvalue weighted by Crippen LogP contribution is 2.36. The number of nitrogens with zero attached hydrogens (tertiary/aromatic N) is 3. The van der Waals surface area contributed by atoms with Gasteiger partial charge in [-0.05, 0) is 31.7 Å². The first-order valence-electron chi connectivity index (χ1n) is 8.16. The fraction of sp³-hybridized carbons (Fsp3) is 0.688. The minimum atomic E-state index is -0.189. The lowest BCUT2D eigenvalue weighted by molar-refractivity contribution is -0.140. The van der Waals surface area contributed by atoms with Gasteiger partial charge in [0.1, 0.15) is 6.61 Å². The molecule has 2 atom stereocenters. The Morgan fingerprint density at radius 1 is 1.48 bits per heavy atom. The van der Waals surface area contributed by atoms with Gasteiger partial charge >= 0.3 is 0 Å². The Hall–Kier alpha value is -1.73. The van der Waals surface area contributed by atoms with Crippen molar-refractivity contribution in [2.45, 2.75) is 37.4 Å². The SMILES string of the molecule is COCC(=O)N1CC[C@]2(CCC[C@H](CNc3ncccn3)O2)C1. The van der Waals surface area contributed by atoms with E-state index in [2.05, 4.69) is 15.3 Å². The van der Waals surface area contributed by atoms with Crippen molar-refractivity contribution < 1.29 is 14.3 Å². The number of carbonyl (C=O) groups excluding carboxylic acids is 1. The maximum atomic E-state index is 12.0. The summed E-state index contributed by atoms with van der Waals surface area (Å²) in [5.74, 6) is 0.671. The Morgan fingerprint density at radius 2 is 2.30 bits per heavy atom. The molecule has 23 heavy (non-hydrogen) atoms. The van der Waals surface area contributed by atoms with E-state index >= 15 is 0 Å². The summed E-state index contributed by atoms with van der Waals surface area (Å²) in [6.45, 7) is 2.27. The van der Waals surface area contributed by atoms with Crippen LogP contribution in [0.2, 0.25) is 0 Å². The van der Waals surface area contributed by atoms with Crippen molar-refractivity contribution in [2.75, 3.05) is 38.7 Å². The summed E-state index contributed by atoms with van der Waals surface area (Å²) in [6.07, 6.45) is 7.62. The Bertz CT molecular complexity index is 527. The van der Waals surface area contributed by atoms with Crippen LogP contribution in [0.3, 0.4) is 0 Å². The number of hydrogen-bond donors (Lipinski definition) is 1. The molecule has 126 valence electrons. The van der Waals surface area contributed by atoms with Crippen molar-refractivity contribution in [2.24, 2.45) is 0 Å². The first-order chi connectivity index (χ1) is 11.2. The van der Waals surface area contributed by atoms with Gasteiger partial charge in [0, 0.05) is 39.1 Å². The molecule has 0 saturated carbocycles. The lowest BCUT2D eigenvalue weighted by atomic mass is 9.90. The van der Waals surface area contributed by atoms with E-state index in [1.54, 1.807) is 25.6 Å². The van der Waals surface area contributed by atoms with Gasteiger partial charge in [-0.1, -0.05) is 0 Å². The lowest BCUT2D eigenvalue weighted by Crippen LogP contribution is -2.46. The highest BCUT2D eigenvalue weighted by molar-refractivity contribution is 5.77. The molecule has 0 radical (unpaired) electrons. The summed E-state index contributed by atoms with van der Waals surface area (Å²) in [5, 5.41) is 3.23. The minimum absolute atomic E-state index is 0.0471. The number of carbonyl (C=O) groups is 1. The molecule has 0 bridgehead atoms. The zero-order valence-corrected chi connectivity index (χ0v) is 13.5. The number of methoxy groups -OCH3 is 1. The fourth-order valence-electron chi connectivity index (χ4n) is 3.44. The normalized spacial score (nSPS) is 27.3. The average molecular weight is 320 g/mol. The molecule has 3 heterocycles. The molecule has 2 aliphatic rings. The summed E-state index contributed by atoms with van der Waals surface area (Å²) in [4.78, 5) is 22.2. The quantitative estimate of drug-likeness (QED) is 0.875. The smallest absolute Gasteiger partial charge is 0.248 e. The van der Waals surface area contributed by atoms with E-state index in [1.807, 2.05) is 4.90 Å².